The summed E-state index contributed by atoms with van der Waals surface area (Å²) in [5, 5.41) is 0. The molecule has 14 rings (SSSR count). The molecule has 0 aromatic heterocycles. The Kier molecular flexibility index (Phi) is 15.8. The first kappa shape index (κ1) is 58.9. The monoisotopic (exact) mass is 1220 g/mol. The lowest BCUT2D eigenvalue weighted by molar-refractivity contribution is 0.414. The van der Waals surface area contributed by atoms with E-state index in [9.17, 15) is 0 Å². The van der Waals surface area contributed by atoms with Crippen LogP contribution in [-0.2, 0) is 5.41 Å². The van der Waals surface area contributed by atoms with E-state index < -0.39 is 5.41 Å². The van der Waals surface area contributed by atoms with E-state index in [-0.39, 0.29) is 0 Å². The van der Waals surface area contributed by atoms with Gasteiger partial charge in [0.25, 0.3) is 0 Å². The van der Waals surface area contributed by atoms with Crippen molar-refractivity contribution in [3.63, 3.8) is 0 Å². The third-order valence-corrected chi connectivity index (χ3v) is 17.9. The van der Waals surface area contributed by atoms with E-state index in [0.29, 0.717) is 0 Å². The maximum atomic E-state index is 5.75. The smallest absolute Gasteiger partial charge is 0.119 e. The summed E-state index contributed by atoms with van der Waals surface area (Å²) in [6, 6.07) is 93.9. The second kappa shape index (κ2) is 24.9. The van der Waals surface area contributed by atoms with Crippen molar-refractivity contribution in [3.05, 3.63) is 289 Å². The van der Waals surface area contributed by atoms with Crippen LogP contribution in [0.25, 0.3) is 22.3 Å². The summed E-state index contributed by atoms with van der Waals surface area (Å²) in [5.41, 5.74) is 19.2. The van der Waals surface area contributed by atoms with E-state index in [4.69, 9.17) is 37.9 Å². The zero-order chi connectivity index (χ0) is 63.7. The Balaban J connectivity index is 1.10. The van der Waals surface area contributed by atoms with Gasteiger partial charge in [0.2, 0.25) is 0 Å². The number of fused-ring (bicyclic) bond motifs is 10. The first-order valence-corrected chi connectivity index (χ1v) is 30.6. The average molecular weight is 1230 g/mol. The number of ether oxygens (including phenoxy) is 8. The fourth-order valence-electron chi connectivity index (χ4n) is 13.4. The molecule has 0 atom stereocenters. The largest absolute Gasteiger partial charge is 0.497 e. The molecule has 0 unspecified atom stereocenters. The summed E-state index contributed by atoms with van der Waals surface area (Å²) in [4.78, 5) is 9.24. The second-order valence-electron chi connectivity index (χ2n) is 22.6. The standard InChI is InChI=1S/C81H68N4O8/c1-86-65-29-9-53(10-30-65)82(54-11-31-66(87-2)32-12-54)61-25-45-73-74-46-26-62(83(55-13-33-67(88-3)34-14-55)56-15-35-68(89-4)36-16-56)50-78(74)81(77(73)49-61)79-51-63(84(57-17-37-69(90-5)38-18-57)58-19-39-70(91-6)40-20-58)27-47-75(79)76-48-28-64(52-80(76)81)85(59-21-41-71(92-7)42-22-59)60-23-43-72(93-8)44-24-60/h9-52H,1-8H3. The highest BCUT2D eigenvalue weighted by Gasteiger charge is 2.53. The fraction of sp³-hybridized carbons (Fsp3) is 0.111. The Hall–Kier alpha value is -11.8. The van der Waals surface area contributed by atoms with E-state index in [1.807, 2.05) is 97.1 Å². The van der Waals surface area contributed by atoms with E-state index >= 15 is 0 Å². The Morgan fingerprint density at radius 3 is 0.430 bits per heavy atom. The zero-order valence-electron chi connectivity index (χ0n) is 53.0. The molecule has 0 radical (unpaired) electrons. The van der Waals surface area contributed by atoms with Gasteiger partial charge in [0, 0.05) is 68.2 Å². The summed E-state index contributed by atoms with van der Waals surface area (Å²) in [5.74, 6) is 6.06. The van der Waals surface area contributed by atoms with Crippen LogP contribution in [0.3, 0.4) is 0 Å². The molecule has 0 bridgehead atoms. The summed E-state index contributed by atoms with van der Waals surface area (Å²) in [7, 11) is 13.6. The minimum absolute atomic E-state index is 0.758. The molecule has 1 spiro atoms. The van der Waals surface area contributed by atoms with E-state index in [1.165, 1.54) is 0 Å². The molecule has 0 amide bonds. The Labute approximate surface area is 542 Å². The quantitative estimate of drug-likeness (QED) is 0.0728. The van der Waals surface area contributed by atoms with Gasteiger partial charge in [0.15, 0.2) is 0 Å². The number of hydrogen-bond donors (Lipinski definition) is 0. The normalized spacial score (nSPS) is 12.0. The molecule has 0 fully saturated rings. The third kappa shape index (κ3) is 10.5. The second-order valence-corrected chi connectivity index (χ2v) is 22.6. The molecule has 0 aliphatic heterocycles. The molecule has 12 aromatic rings. The molecule has 0 saturated heterocycles. The van der Waals surface area contributed by atoms with Crippen LogP contribution in [0, 0.1) is 0 Å². The molecular weight excluding hydrogens is 1160 g/mol. The van der Waals surface area contributed by atoms with Crippen molar-refractivity contribution in [2.45, 2.75) is 5.41 Å². The topological polar surface area (TPSA) is 86.8 Å². The first-order valence-electron chi connectivity index (χ1n) is 30.6. The van der Waals surface area contributed by atoms with Gasteiger partial charge in [-0.3, -0.25) is 0 Å². The van der Waals surface area contributed by atoms with Crippen LogP contribution in [-0.4, -0.2) is 56.9 Å². The van der Waals surface area contributed by atoms with E-state index in [1.54, 1.807) is 56.9 Å². The van der Waals surface area contributed by atoms with Gasteiger partial charge in [-0.2, -0.15) is 0 Å². The number of methoxy groups -OCH3 is 8. The lowest BCUT2D eigenvalue weighted by Crippen LogP contribution is -2.27. The zero-order valence-corrected chi connectivity index (χ0v) is 53.0. The lowest BCUT2D eigenvalue weighted by atomic mass is 9.70. The number of anilines is 12. The molecule has 12 nitrogen and oxygen atoms in total. The van der Waals surface area contributed by atoms with Crippen molar-refractivity contribution in [2.24, 2.45) is 0 Å². The maximum Gasteiger partial charge on any atom is 0.119 e. The SMILES string of the molecule is COc1ccc(N(c2ccc(OC)cc2)c2ccc3c(c2)C2(c4cc(N(c5ccc(OC)cc5)c5ccc(OC)cc5)ccc4-3)c3cc(N(c4ccc(OC)cc4)c4ccc(OC)cc4)ccc3-c3ccc(N(c4ccc(OC)cc4)c4ccc(OC)cc4)cc32)cc1. The number of nitrogens with zero attached hydrogens (tertiary/aromatic N) is 4. The molecule has 12 heteroatoms. The maximum absolute atomic E-state index is 5.75. The van der Waals surface area contributed by atoms with E-state index in [2.05, 4.69) is 189 Å². The van der Waals surface area contributed by atoms with Crippen LogP contribution in [0.2, 0.25) is 0 Å². The fourth-order valence-corrected chi connectivity index (χ4v) is 13.4. The number of benzene rings is 12. The molecule has 2 aliphatic rings. The predicted molar refractivity (Wildman–Crippen MR) is 374 cm³/mol. The molecular formula is C81H68N4O8. The summed E-state index contributed by atoms with van der Waals surface area (Å²) in [6.45, 7) is 0. The summed E-state index contributed by atoms with van der Waals surface area (Å²) in [6.07, 6.45) is 0. The van der Waals surface area contributed by atoms with Gasteiger partial charge in [0.05, 0.1) is 62.3 Å². The van der Waals surface area contributed by atoms with Crippen molar-refractivity contribution < 1.29 is 37.9 Å². The average Bonchev–Trinajstić information content (AvgIpc) is 1.51. The minimum Gasteiger partial charge on any atom is -0.497 e. The summed E-state index contributed by atoms with van der Waals surface area (Å²) >= 11 is 0. The molecule has 12 aromatic carbocycles. The van der Waals surface area contributed by atoms with Crippen molar-refractivity contribution in [2.75, 3.05) is 76.5 Å². The van der Waals surface area contributed by atoms with Gasteiger partial charge in [-0.1, -0.05) is 24.3 Å². The predicted octanol–water partition coefficient (Wildman–Crippen LogP) is 20.0. The van der Waals surface area contributed by atoms with Crippen LogP contribution in [0.15, 0.2) is 267 Å². The van der Waals surface area contributed by atoms with Crippen LogP contribution < -0.4 is 57.5 Å². The van der Waals surface area contributed by atoms with Crippen LogP contribution in [0.5, 0.6) is 46.0 Å². The van der Waals surface area contributed by atoms with Crippen molar-refractivity contribution >= 4 is 68.2 Å². The van der Waals surface area contributed by atoms with Crippen molar-refractivity contribution in [1.29, 1.82) is 0 Å². The Bertz CT molecular complexity index is 3850. The van der Waals surface area contributed by atoms with E-state index in [0.717, 1.165) is 159 Å². The minimum atomic E-state index is -1.01. The third-order valence-electron chi connectivity index (χ3n) is 17.9. The highest BCUT2D eigenvalue weighted by Crippen LogP contribution is 2.66. The van der Waals surface area contributed by atoms with Gasteiger partial charge in [-0.25, -0.2) is 0 Å². The van der Waals surface area contributed by atoms with Crippen molar-refractivity contribution in [3.8, 4) is 68.2 Å². The highest BCUT2D eigenvalue weighted by molar-refractivity contribution is 6.00. The van der Waals surface area contributed by atoms with Gasteiger partial charge in [0.1, 0.15) is 46.0 Å². The Morgan fingerprint density at radius 1 is 0.172 bits per heavy atom. The summed E-state index contributed by atoms with van der Waals surface area (Å²) < 4.78 is 46.0. The molecule has 0 saturated carbocycles. The molecule has 93 heavy (non-hydrogen) atoms. The van der Waals surface area contributed by atoms with Crippen LogP contribution in [0.4, 0.5) is 68.2 Å². The molecule has 460 valence electrons. The van der Waals surface area contributed by atoms with Gasteiger partial charge >= 0.3 is 0 Å². The molecule has 0 heterocycles. The Morgan fingerprint density at radius 2 is 0.301 bits per heavy atom. The highest BCUT2D eigenvalue weighted by atomic mass is 16.5. The lowest BCUT2D eigenvalue weighted by Gasteiger charge is -2.35. The van der Waals surface area contributed by atoms with Gasteiger partial charge in [-0.05, 0) is 287 Å². The molecule has 0 N–H and O–H groups in total. The van der Waals surface area contributed by atoms with Crippen LogP contribution >= 0.6 is 0 Å². The molecule has 2 aliphatic carbocycles. The number of rotatable bonds is 20. The number of hydrogen-bond acceptors (Lipinski definition) is 12. The van der Waals surface area contributed by atoms with Gasteiger partial charge in [-0.15, -0.1) is 0 Å². The van der Waals surface area contributed by atoms with Gasteiger partial charge < -0.3 is 57.5 Å². The van der Waals surface area contributed by atoms with Crippen LogP contribution in [0.1, 0.15) is 22.3 Å². The first-order chi connectivity index (χ1) is 45.7. The van der Waals surface area contributed by atoms with Crippen molar-refractivity contribution in [1.82, 2.24) is 0 Å².